The molecule has 0 fully saturated rings. The summed E-state index contributed by atoms with van der Waals surface area (Å²) in [5.74, 6) is 1.24. The van der Waals surface area contributed by atoms with Crippen molar-refractivity contribution in [3.63, 3.8) is 0 Å². The molecule has 156 valence electrons. The summed E-state index contributed by atoms with van der Waals surface area (Å²) in [7, 11) is 1.69. The van der Waals surface area contributed by atoms with E-state index in [1.165, 1.54) is 4.90 Å². The zero-order chi connectivity index (χ0) is 21.2. The van der Waals surface area contributed by atoms with Gasteiger partial charge in [0.15, 0.2) is 4.90 Å². The molecule has 0 radical (unpaired) electrons. The van der Waals surface area contributed by atoms with Crippen LogP contribution in [0.2, 0.25) is 10.0 Å². The van der Waals surface area contributed by atoms with Gasteiger partial charge in [0.2, 0.25) is 0 Å². The number of nitrogens with zero attached hydrogens (tertiary/aromatic N) is 1. The summed E-state index contributed by atoms with van der Waals surface area (Å²) in [6.07, 6.45) is 1.15. The highest BCUT2D eigenvalue weighted by molar-refractivity contribution is 7.91. The maximum Gasteiger partial charge on any atom is 0.414 e. The summed E-state index contributed by atoms with van der Waals surface area (Å²) in [6, 6.07) is 10.7. The van der Waals surface area contributed by atoms with E-state index in [0.717, 1.165) is 24.1 Å². The first kappa shape index (κ1) is 22.1. The topological polar surface area (TPSA) is 61.8 Å². The van der Waals surface area contributed by atoms with E-state index in [-0.39, 0.29) is 6.09 Å². The van der Waals surface area contributed by atoms with E-state index in [0.29, 0.717) is 33.0 Å². The number of cyclic esters (lactones) is 1. The minimum Gasteiger partial charge on any atom is -0.611 e. The number of carbonyl (C=O) groups is 1. The predicted octanol–water partition coefficient (Wildman–Crippen LogP) is 5.78. The van der Waals surface area contributed by atoms with Crippen molar-refractivity contribution in [2.45, 2.75) is 37.2 Å². The number of ether oxygens (including phenoxy) is 2. The summed E-state index contributed by atoms with van der Waals surface area (Å²) < 4.78 is 23.7. The van der Waals surface area contributed by atoms with Crippen LogP contribution in [0.25, 0.3) is 0 Å². The van der Waals surface area contributed by atoms with Gasteiger partial charge in [-0.3, -0.25) is 4.90 Å². The number of hydrogen-bond acceptors (Lipinski definition) is 4. The zero-order valence-electron chi connectivity index (χ0n) is 16.5. The highest BCUT2D eigenvalue weighted by Crippen LogP contribution is 2.40. The molecule has 8 heteroatoms. The molecule has 3 rings (SSSR count). The van der Waals surface area contributed by atoms with Gasteiger partial charge in [0.1, 0.15) is 17.1 Å². The van der Waals surface area contributed by atoms with Crippen molar-refractivity contribution in [1.82, 2.24) is 0 Å². The number of amides is 1. The Labute approximate surface area is 184 Å². The van der Waals surface area contributed by atoms with E-state index in [2.05, 4.69) is 0 Å². The molecule has 0 spiro atoms. The highest BCUT2D eigenvalue weighted by atomic mass is 35.5. The number of carbonyl (C=O) groups excluding carboxylic acids is 1. The van der Waals surface area contributed by atoms with Gasteiger partial charge in [-0.1, -0.05) is 23.2 Å². The standard InChI is InChI=1S/C21H23Cl2NO4S/c1-21(2)16-12-14(6-9-19(16)24(3)20(25)28-21)27-10-4-5-11-29(26)15-7-8-17(22)18(23)13-15/h6-9,12-13H,4-5,10-11H2,1-3H3. The summed E-state index contributed by atoms with van der Waals surface area (Å²) in [5, 5.41) is 0.863. The van der Waals surface area contributed by atoms with E-state index in [4.69, 9.17) is 32.7 Å². The van der Waals surface area contributed by atoms with Gasteiger partial charge in [-0.2, -0.15) is 0 Å². The lowest BCUT2D eigenvalue weighted by Crippen LogP contribution is -2.41. The highest BCUT2D eigenvalue weighted by Gasteiger charge is 2.36. The third-order valence-corrected chi connectivity index (χ3v) is 6.92. The van der Waals surface area contributed by atoms with Gasteiger partial charge >= 0.3 is 6.09 Å². The third-order valence-electron chi connectivity index (χ3n) is 4.74. The van der Waals surface area contributed by atoms with Crippen LogP contribution in [0, 0.1) is 0 Å². The second-order valence-corrected chi connectivity index (χ2v) is 9.68. The Hall–Kier alpha value is -1.60. The first-order chi connectivity index (χ1) is 13.7. The van der Waals surface area contributed by atoms with E-state index >= 15 is 0 Å². The lowest BCUT2D eigenvalue weighted by atomic mass is 9.94. The molecule has 1 unspecified atom stereocenters. The molecule has 2 aromatic carbocycles. The first-order valence-corrected chi connectivity index (χ1v) is 11.3. The second kappa shape index (κ2) is 9.04. The number of benzene rings is 2. The van der Waals surface area contributed by atoms with Crippen molar-refractivity contribution in [3.8, 4) is 5.75 Å². The maximum absolute atomic E-state index is 12.4. The lowest BCUT2D eigenvalue weighted by Gasteiger charge is -2.37. The molecule has 1 atom stereocenters. The van der Waals surface area contributed by atoms with Crippen molar-refractivity contribution in [2.24, 2.45) is 0 Å². The monoisotopic (exact) mass is 455 g/mol. The fourth-order valence-electron chi connectivity index (χ4n) is 3.08. The SMILES string of the molecule is CN1C(=O)OC(C)(C)c2cc(OCCCC[S+]([O-])c3ccc(Cl)c(Cl)c3)ccc21. The second-order valence-electron chi connectivity index (χ2n) is 7.30. The normalized spacial score (nSPS) is 16.2. The molecular weight excluding hydrogens is 433 g/mol. The van der Waals surface area contributed by atoms with E-state index in [1.54, 1.807) is 25.2 Å². The van der Waals surface area contributed by atoms with Gasteiger partial charge < -0.3 is 14.0 Å². The van der Waals surface area contributed by atoms with E-state index in [1.807, 2.05) is 32.0 Å². The third kappa shape index (κ3) is 5.12. The Balaban J connectivity index is 1.51. The van der Waals surface area contributed by atoms with Crippen molar-refractivity contribution in [2.75, 3.05) is 24.3 Å². The molecule has 0 aliphatic carbocycles. The Morgan fingerprint density at radius 2 is 1.90 bits per heavy atom. The van der Waals surface area contributed by atoms with Gasteiger partial charge in [0.25, 0.3) is 0 Å². The molecule has 1 aliphatic rings. The van der Waals surface area contributed by atoms with Gasteiger partial charge in [0, 0.05) is 18.7 Å². The predicted molar refractivity (Wildman–Crippen MR) is 117 cm³/mol. The quantitative estimate of drug-likeness (QED) is 0.391. The van der Waals surface area contributed by atoms with Gasteiger partial charge in [-0.15, -0.1) is 0 Å². The largest absolute Gasteiger partial charge is 0.611 e. The molecule has 29 heavy (non-hydrogen) atoms. The molecule has 0 saturated heterocycles. The molecule has 0 N–H and O–H groups in total. The molecule has 0 saturated carbocycles. The zero-order valence-corrected chi connectivity index (χ0v) is 18.9. The summed E-state index contributed by atoms with van der Waals surface area (Å²) in [4.78, 5) is 14.1. The fraction of sp³-hybridized carbons (Fsp3) is 0.381. The number of fused-ring (bicyclic) bond motifs is 1. The van der Waals surface area contributed by atoms with Crippen LogP contribution in [0.3, 0.4) is 0 Å². The molecule has 5 nitrogen and oxygen atoms in total. The average molecular weight is 456 g/mol. The summed E-state index contributed by atoms with van der Waals surface area (Å²) >= 11 is 10.7. The smallest absolute Gasteiger partial charge is 0.414 e. The molecule has 1 heterocycles. The van der Waals surface area contributed by atoms with Crippen LogP contribution >= 0.6 is 23.2 Å². The van der Waals surface area contributed by atoms with E-state index < -0.39 is 16.8 Å². The van der Waals surface area contributed by atoms with Gasteiger partial charge in [-0.25, -0.2) is 4.79 Å². The molecule has 0 aromatic heterocycles. The number of halogens is 2. The van der Waals surface area contributed by atoms with Gasteiger partial charge in [-0.05, 0) is 68.2 Å². The molecular formula is C21H23Cl2NO4S. The Morgan fingerprint density at radius 1 is 1.14 bits per heavy atom. The van der Waals surface area contributed by atoms with Crippen LogP contribution in [0.4, 0.5) is 10.5 Å². The van der Waals surface area contributed by atoms with Crippen molar-refractivity contribution in [3.05, 3.63) is 52.0 Å². The average Bonchev–Trinajstić information content (AvgIpc) is 2.67. The number of hydrogen-bond donors (Lipinski definition) is 0. The van der Waals surface area contributed by atoms with Crippen molar-refractivity contribution >= 4 is 46.2 Å². The van der Waals surface area contributed by atoms with Crippen LogP contribution in [-0.4, -0.2) is 30.1 Å². The Bertz CT molecular complexity index is 906. The lowest BCUT2D eigenvalue weighted by molar-refractivity contribution is 0.0359. The molecule has 2 aromatic rings. The van der Waals surface area contributed by atoms with Crippen LogP contribution in [0.5, 0.6) is 5.75 Å². The molecule has 1 aliphatic heterocycles. The molecule has 0 bridgehead atoms. The van der Waals surface area contributed by atoms with Crippen LogP contribution < -0.4 is 9.64 Å². The Morgan fingerprint density at radius 3 is 2.62 bits per heavy atom. The summed E-state index contributed by atoms with van der Waals surface area (Å²) in [5.41, 5.74) is 1.00. The van der Waals surface area contributed by atoms with Crippen LogP contribution in [0.15, 0.2) is 41.3 Å². The number of rotatable bonds is 7. The molecule has 1 amide bonds. The first-order valence-electron chi connectivity index (χ1n) is 9.26. The summed E-state index contributed by atoms with van der Waals surface area (Å²) in [6.45, 7) is 4.23. The Kier molecular flexibility index (Phi) is 6.89. The van der Waals surface area contributed by atoms with Crippen molar-refractivity contribution < 1.29 is 18.8 Å². The minimum atomic E-state index is -1.12. The number of anilines is 1. The maximum atomic E-state index is 12.4. The van der Waals surface area contributed by atoms with Crippen molar-refractivity contribution in [1.29, 1.82) is 0 Å². The fourth-order valence-corrected chi connectivity index (χ4v) is 4.62. The van der Waals surface area contributed by atoms with Gasteiger partial charge in [0.05, 0.1) is 22.3 Å². The van der Waals surface area contributed by atoms with Crippen LogP contribution in [0.1, 0.15) is 32.3 Å². The minimum absolute atomic E-state index is 0.369. The van der Waals surface area contributed by atoms with E-state index in [9.17, 15) is 9.35 Å². The number of unbranched alkanes of at least 4 members (excludes halogenated alkanes) is 1. The van der Waals surface area contributed by atoms with Crippen LogP contribution in [-0.2, 0) is 21.5 Å².